The topological polar surface area (TPSA) is 62.5 Å². The number of amides is 1. The van der Waals surface area contributed by atoms with Gasteiger partial charge in [0.25, 0.3) is 5.91 Å². The molecule has 1 aromatic heterocycles. The van der Waals surface area contributed by atoms with E-state index < -0.39 is 0 Å². The van der Waals surface area contributed by atoms with Crippen molar-refractivity contribution in [1.29, 1.82) is 0 Å². The molecule has 0 bridgehead atoms. The molecular formula is C17H22N4OS. The standard InChI is InChI=1S/C17H22N4OS/c1-13-3-2-4-14(11-13)20-7-9-21(10-8-20)17(22)15-12-23-16(19-15)5-6-18/h2-4,11-12H,5-10,18H2,1H3. The first-order valence-electron chi connectivity index (χ1n) is 7.93. The highest BCUT2D eigenvalue weighted by molar-refractivity contribution is 7.09. The smallest absolute Gasteiger partial charge is 0.273 e. The summed E-state index contributed by atoms with van der Waals surface area (Å²) in [5, 5.41) is 2.79. The Morgan fingerprint density at radius 2 is 2.09 bits per heavy atom. The van der Waals surface area contributed by atoms with Crippen molar-refractivity contribution >= 4 is 22.9 Å². The van der Waals surface area contributed by atoms with Crippen molar-refractivity contribution in [3.05, 3.63) is 45.9 Å². The normalized spacial score (nSPS) is 15.0. The molecule has 2 heterocycles. The first-order valence-corrected chi connectivity index (χ1v) is 8.80. The molecule has 0 radical (unpaired) electrons. The minimum absolute atomic E-state index is 0.0356. The van der Waals surface area contributed by atoms with Crippen LogP contribution in [0.2, 0.25) is 0 Å². The number of carbonyl (C=O) groups is 1. The Morgan fingerprint density at radius 3 is 2.78 bits per heavy atom. The van der Waals surface area contributed by atoms with Gasteiger partial charge in [-0.3, -0.25) is 4.79 Å². The number of aryl methyl sites for hydroxylation is 1. The van der Waals surface area contributed by atoms with Crippen LogP contribution in [0, 0.1) is 6.92 Å². The number of hydrogen-bond acceptors (Lipinski definition) is 5. The van der Waals surface area contributed by atoms with Crippen molar-refractivity contribution in [3.63, 3.8) is 0 Å². The first kappa shape index (κ1) is 16.0. The van der Waals surface area contributed by atoms with Crippen molar-refractivity contribution in [3.8, 4) is 0 Å². The lowest BCUT2D eigenvalue weighted by molar-refractivity contribution is 0.0741. The van der Waals surface area contributed by atoms with E-state index in [0.717, 1.165) is 37.6 Å². The third kappa shape index (κ3) is 3.71. The fourth-order valence-electron chi connectivity index (χ4n) is 2.80. The number of aromatic nitrogens is 1. The van der Waals surface area contributed by atoms with E-state index in [-0.39, 0.29) is 5.91 Å². The van der Waals surface area contributed by atoms with Crippen LogP contribution in [-0.2, 0) is 6.42 Å². The lowest BCUT2D eigenvalue weighted by Gasteiger charge is -2.36. The maximum atomic E-state index is 12.5. The molecule has 1 saturated heterocycles. The largest absolute Gasteiger partial charge is 0.368 e. The molecule has 2 aromatic rings. The van der Waals surface area contributed by atoms with Gasteiger partial charge in [0.05, 0.1) is 5.01 Å². The van der Waals surface area contributed by atoms with E-state index in [4.69, 9.17) is 5.73 Å². The fourth-order valence-corrected chi connectivity index (χ4v) is 3.59. The number of carbonyl (C=O) groups excluding carboxylic acids is 1. The lowest BCUT2D eigenvalue weighted by Crippen LogP contribution is -2.48. The van der Waals surface area contributed by atoms with E-state index in [9.17, 15) is 4.79 Å². The first-order chi connectivity index (χ1) is 11.2. The van der Waals surface area contributed by atoms with Crippen molar-refractivity contribution in [1.82, 2.24) is 9.88 Å². The van der Waals surface area contributed by atoms with Gasteiger partial charge in [-0.05, 0) is 31.2 Å². The Morgan fingerprint density at radius 1 is 1.30 bits per heavy atom. The van der Waals surface area contributed by atoms with Gasteiger partial charge in [-0.2, -0.15) is 0 Å². The second-order valence-corrected chi connectivity index (χ2v) is 6.73. The van der Waals surface area contributed by atoms with Crippen molar-refractivity contribution in [2.75, 3.05) is 37.6 Å². The molecule has 0 aliphatic carbocycles. The number of hydrogen-bond donors (Lipinski definition) is 1. The summed E-state index contributed by atoms with van der Waals surface area (Å²) in [5.41, 5.74) is 8.59. The van der Waals surface area contributed by atoms with Gasteiger partial charge in [0.1, 0.15) is 5.69 Å². The summed E-state index contributed by atoms with van der Waals surface area (Å²) in [4.78, 5) is 21.2. The van der Waals surface area contributed by atoms with E-state index in [2.05, 4.69) is 41.1 Å². The molecule has 0 atom stereocenters. The van der Waals surface area contributed by atoms with Crippen LogP contribution in [0.5, 0.6) is 0 Å². The average molecular weight is 330 g/mol. The summed E-state index contributed by atoms with van der Waals surface area (Å²) in [6, 6.07) is 8.50. The molecule has 2 N–H and O–H groups in total. The molecule has 23 heavy (non-hydrogen) atoms. The van der Waals surface area contributed by atoms with Gasteiger partial charge in [-0.15, -0.1) is 11.3 Å². The molecule has 1 amide bonds. The number of piperazine rings is 1. The number of rotatable bonds is 4. The van der Waals surface area contributed by atoms with Gasteiger partial charge in [0.15, 0.2) is 0 Å². The highest BCUT2D eigenvalue weighted by atomic mass is 32.1. The summed E-state index contributed by atoms with van der Waals surface area (Å²) >= 11 is 1.52. The van der Waals surface area contributed by atoms with Crippen LogP contribution in [0.4, 0.5) is 5.69 Å². The molecule has 6 heteroatoms. The van der Waals surface area contributed by atoms with Crippen LogP contribution in [0.3, 0.4) is 0 Å². The molecular weight excluding hydrogens is 308 g/mol. The lowest BCUT2D eigenvalue weighted by atomic mass is 10.2. The van der Waals surface area contributed by atoms with Crippen molar-refractivity contribution in [2.24, 2.45) is 5.73 Å². The maximum absolute atomic E-state index is 12.5. The average Bonchev–Trinajstić information content (AvgIpc) is 3.03. The van der Waals surface area contributed by atoms with Gasteiger partial charge in [-0.25, -0.2) is 4.98 Å². The Bertz CT molecular complexity index is 677. The summed E-state index contributed by atoms with van der Waals surface area (Å²) < 4.78 is 0. The van der Waals surface area contributed by atoms with Crippen LogP contribution >= 0.6 is 11.3 Å². The zero-order valence-electron chi connectivity index (χ0n) is 13.4. The van der Waals surface area contributed by atoms with Gasteiger partial charge >= 0.3 is 0 Å². The summed E-state index contributed by atoms with van der Waals surface area (Å²) in [5.74, 6) is 0.0356. The van der Waals surface area contributed by atoms with Crippen LogP contribution in [-0.4, -0.2) is 48.5 Å². The van der Waals surface area contributed by atoms with Gasteiger partial charge in [0.2, 0.25) is 0 Å². The number of benzene rings is 1. The predicted molar refractivity (Wildman–Crippen MR) is 94.2 cm³/mol. The Hall–Kier alpha value is -1.92. The summed E-state index contributed by atoms with van der Waals surface area (Å²) in [6.45, 7) is 5.85. The van der Waals surface area contributed by atoms with Crippen LogP contribution < -0.4 is 10.6 Å². The van der Waals surface area contributed by atoms with Crippen LogP contribution in [0.15, 0.2) is 29.6 Å². The highest BCUT2D eigenvalue weighted by Gasteiger charge is 2.23. The summed E-state index contributed by atoms with van der Waals surface area (Å²) in [7, 11) is 0. The SMILES string of the molecule is Cc1cccc(N2CCN(C(=O)c3csc(CCN)n3)CC2)c1. The molecule has 0 unspecified atom stereocenters. The molecule has 122 valence electrons. The zero-order valence-corrected chi connectivity index (χ0v) is 14.2. The predicted octanol–water partition coefficient (Wildman–Crippen LogP) is 1.92. The van der Waals surface area contributed by atoms with E-state index in [1.54, 1.807) is 0 Å². The number of nitrogens with two attached hydrogens (primary N) is 1. The fraction of sp³-hybridized carbons (Fsp3) is 0.412. The molecule has 1 aliphatic heterocycles. The third-order valence-corrected chi connectivity index (χ3v) is 4.97. The minimum Gasteiger partial charge on any atom is -0.368 e. The molecule has 1 aromatic carbocycles. The van der Waals surface area contributed by atoms with Gasteiger partial charge in [-0.1, -0.05) is 12.1 Å². The monoisotopic (exact) mass is 330 g/mol. The van der Waals surface area contributed by atoms with E-state index >= 15 is 0 Å². The third-order valence-electron chi connectivity index (χ3n) is 4.06. The molecule has 1 fully saturated rings. The Balaban J connectivity index is 1.60. The van der Waals surface area contributed by atoms with E-state index in [1.165, 1.54) is 22.6 Å². The molecule has 0 spiro atoms. The van der Waals surface area contributed by atoms with Crippen LogP contribution in [0.25, 0.3) is 0 Å². The molecule has 5 nitrogen and oxygen atoms in total. The molecule has 3 rings (SSSR count). The molecule has 0 saturated carbocycles. The Labute approximate surface area is 140 Å². The van der Waals surface area contributed by atoms with Gasteiger partial charge < -0.3 is 15.5 Å². The van der Waals surface area contributed by atoms with Crippen molar-refractivity contribution < 1.29 is 4.79 Å². The Kier molecular flexibility index (Phi) is 4.93. The second-order valence-electron chi connectivity index (χ2n) is 5.78. The minimum atomic E-state index is 0.0356. The van der Waals surface area contributed by atoms with Crippen molar-refractivity contribution in [2.45, 2.75) is 13.3 Å². The summed E-state index contributed by atoms with van der Waals surface area (Å²) in [6.07, 6.45) is 0.735. The van der Waals surface area contributed by atoms with Crippen LogP contribution in [0.1, 0.15) is 21.1 Å². The highest BCUT2D eigenvalue weighted by Crippen LogP contribution is 2.19. The van der Waals surface area contributed by atoms with E-state index in [1.807, 2.05) is 10.3 Å². The number of nitrogens with zero attached hydrogens (tertiary/aromatic N) is 3. The number of thiazole rings is 1. The second kappa shape index (κ2) is 7.10. The quantitative estimate of drug-likeness (QED) is 0.930. The zero-order chi connectivity index (χ0) is 16.2. The molecule has 1 aliphatic rings. The van der Waals surface area contributed by atoms with E-state index in [0.29, 0.717) is 12.2 Å². The van der Waals surface area contributed by atoms with Gasteiger partial charge in [0, 0.05) is 43.7 Å². The maximum Gasteiger partial charge on any atom is 0.273 e. The number of anilines is 1.